The van der Waals surface area contributed by atoms with E-state index in [0.717, 1.165) is 12.0 Å². The van der Waals surface area contributed by atoms with Gasteiger partial charge in [-0.2, -0.15) is 0 Å². The van der Waals surface area contributed by atoms with Gasteiger partial charge < -0.3 is 19.7 Å². The number of amides is 2. The van der Waals surface area contributed by atoms with Gasteiger partial charge >= 0.3 is 0 Å². The summed E-state index contributed by atoms with van der Waals surface area (Å²) in [6.45, 7) is 5.39. The fraction of sp³-hybridized carbons (Fsp3) is 0.579. The number of carbonyl (C=O) groups excluding carboxylic acids is 2. The highest BCUT2D eigenvalue weighted by molar-refractivity contribution is 5.89. The summed E-state index contributed by atoms with van der Waals surface area (Å²) in [6, 6.07) is 8.13. The molecule has 1 N–H and O–H groups in total. The zero-order chi connectivity index (χ0) is 18.1. The number of aryl methyl sites for hydroxylation is 1. The molecule has 1 aliphatic rings. The Hall–Kier alpha value is -1.92. The first kappa shape index (κ1) is 19.4. The Labute approximate surface area is 149 Å². The molecule has 25 heavy (non-hydrogen) atoms. The van der Waals surface area contributed by atoms with Crippen LogP contribution in [0.2, 0.25) is 0 Å². The molecule has 1 aliphatic heterocycles. The van der Waals surface area contributed by atoms with Gasteiger partial charge in [0.25, 0.3) is 0 Å². The van der Waals surface area contributed by atoms with Crippen molar-refractivity contribution in [3.8, 4) is 0 Å². The summed E-state index contributed by atoms with van der Waals surface area (Å²) in [5.74, 6) is -0.257. The molecule has 1 atom stereocenters. The number of hydrogen-bond donors (Lipinski definition) is 1. The minimum Gasteiger partial charge on any atom is -0.382 e. The Morgan fingerprint density at radius 2 is 2.00 bits per heavy atom. The highest BCUT2D eigenvalue weighted by Crippen LogP contribution is 2.20. The monoisotopic (exact) mass is 348 g/mol. The Balaban J connectivity index is 1.68. The molecule has 2 rings (SSSR count). The van der Waals surface area contributed by atoms with Crippen LogP contribution in [-0.4, -0.2) is 56.7 Å². The van der Waals surface area contributed by atoms with E-state index in [2.05, 4.69) is 5.32 Å². The van der Waals surface area contributed by atoms with E-state index >= 15 is 0 Å². The molecule has 6 heteroatoms. The standard InChI is InChI=1S/C19H28N2O4/c1-15-4-6-16(7-5-15)13-21-14-17(12-18(21)22)19(23)20-8-3-9-25-11-10-24-2/h4-7,17H,3,8-14H2,1-2H3,(H,20,23). The Morgan fingerprint density at radius 1 is 1.24 bits per heavy atom. The van der Waals surface area contributed by atoms with Crippen molar-refractivity contribution in [3.05, 3.63) is 35.4 Å². The third kappa shape index (κ3) is 6.48. The van der Waals surface area contributed by atoms with Gasteiger partial charge in [-0.25, -0.2) is 0 Å². The minimum atomic E-state index is -0.257. The fourth-order valence-corrected chi connectivity index (χ4v) is 2.79. The second kappa shape index (κ2) is 10.2. The van der Waals surface area contributed by atoms with Crippen LogP contribution in [0.4, 0.5) is 0 Å². The normalized spacial score (nSPS) is 17.1. The maximum Gasteiger partial charge on any atom is 0.225 e. The minimum absolute atomic E-state index is 0.0448. The Bertz CT molecular complexity index is 559. The second-order valence-electron chi connectivity index (χ2n) is 6.41. The highest BCUT2D eigenvalue weighted by atomic mass is 16.5. The predicted molar refractivity (Wildman–Crippen MR) is 95.0 cm³/mol. The van der Waals surface area contributed by atoms with E-state index in [9.17, 15) is 9.59 Å². The highest BCUT2D eigenvalue weighted by Gasteiger charge is 2.33. The van der Waals surface area contributed by atoms with E-state index in [1.807, 2.05) is 31.2 Å². The molecule has 0 aromatic heterocycles. The zero-order valence-electron chi connectivity index (χ0n) is 15.1. The first-order valence-corrected chi connectivity index (χ1v) is 8.78. The molecular weight excluding hydrogens is 320 g/mol. The molecule has 138 valence electrons. The van der Waals surface area contributed by atoms with E-state index in [1.165, 1.54) is 5.56 Å². The topological polar surface area (TPSA) is 67.9 Å². The van der Waals surface area contributed by atoms with Crippen molar-refractivity contribution in [1.82, 2.24) is 10.2 Å². The summed E-state index contributed by atoms with van der Waals surface area (Å²) in [5.41, 5.74) is 2.29. The number of nitrogens with zero attached hydrogens (tertiary/aromatic N) is 1. The van der Waals surface area contributed by atoms with Crippen molar-refractivity contribution in [3.63, 3.8) is 0 Å². The first-order chi connectivity index (χ1) is 12.1. The smallest absolute Gasteiger partial charge is 0.225 e. The molecule has 2 amide bonds. The van der Waals surface area contributed by atoms with Gasteiger partial charge in [0.1, 0.15) is 0 Å². The van der Waals surface area contributed by atoms with Crippen LogP contribution in [0.1, 0.15) is 24.0 Å². The van der Waals surface area contributed by atoms with Gasteiger partial charge in [-0.1, -0.05) is 29.8 Å². The lowest BCUT2D eigenvalue weighted by Gasteiger charge is -2.17. The molecule has 1 aromatic carbocycles. The van der Waals surface area contributed by atoms with Crippen molar-refractivity contribution in [2.45, 2.75) is 26.3 Å². The van der Waals surface area contributed by atoms with Crippen LogP contribution in [0.5, 0.6) is 0 Å². The lowest BCUT2D eigenvalue weighted by Crippen LogP contribution is -2.33. The van der Waals surface area contributed by atoms with Crippen LogP contribution in [0.15, 0.2) is 24.3 Å². The first-order valence-electron chi connectivity index (χ1n) is 8.78. The lowest BCUT2D eigenvalue weighted by atomic mass is 10.1. The average molecular weight is 348 g/mol. The van der Waals surface area contributed by atoms with Gasteiger partial charge in [0.2, 0.25) is 11.8 Å². The molecule has 0 spiro atoms. The number of carbonyl (C=O) groups is 2. The number of benzene rings is 1. The van der Waals surface area contributed by atoms with E-state index in [4.69, 9.17) is 9.47 Å². The molecule has 6 nitrogen and oxygen atoms in total. The Kier molecular flexibility index (Phi) is 7.88. The van der Waals surface area contributed by atoms with E-state index in [-0.39, 0.29) is 17.7 Å². The quantitative estimate of drug-likeness (QED) is 0.651. The van der Waals surface area contributed by atoms with E-state index in [1.54, 1.807) is 12.0 Å². The average Bonchev–Trinajstić information content (AvgIpc) is 2.97. The van der Waals surface area contributed by atoms with Gasteiger partial charge in [0, 0.05) is 39.8 Å². The molecule has 0 radical (unpaired) electrons. The molecule has 0 saturated carbocycles. The molecule has 1 fully saturated rings. The van der Waals surface area contributed by atoms with Crippen molar-refractivity contribution in [1.29, 1.82) is 0 Å². The maximum atomic E-state index is 12.2. The maximum absolute atomic E-state index is 12.2. The summed E-state index contributed by atoms with van der Waals surface area (Å²) in [6.07, 6.45) is 1.05. The second-order valence-corrected chi connectivity index (χ2v) is 6.41. The number of methoxy groups -OCH3 is 1. The molecule has 1 unspecified atom stereocenters. The lowest BCUT2D eigenvalue weighted by molar-refractivity contribution is -0.129. The largest absolute Gasteiger partial charge is 0.382 e. The number of rotatable bonds is 10. The Morgan fingerprint density at radius 3 is 2.72 bits per heavy atom. The third-order valence-corrected chi connectivity index (χ3v) is 4.28. The van der Waals surface area contributed by atoms with Crippen molar-refractivity contribution >= 4 is 11.8 Å². The summed E-state index contributed by atoms with van der Waals surface area (Å²) >= 11 is 0. The number of nitrogens with one attached hydrogen (secondary N) is 1. The summed E-state index contributed by atoms with van der Waals surface area (Å²) in [5, 5.41) is 2.90. The summed E-state index contributed by atoms with van der Waals surface area (Å²) in [4.78, 5) is 26.1. The van der Waals surface area contributed by atoms with Crippen LogP contribution in [0.3, 0.4) is 0 Å². The number of ether oxygens (including phenoxy) is 2. The zero-order valence-corrected chi connectivity index (χ0v) is 15.1. The summed E-state index contributed by atoms with van der Waals surface area (Å²) < 4.78 is 10.2. The van der Waals surface area contributed by atoms with E-state index in [0.29, 0.717) is 45.9 Å². The number of hydrogen-bond acceptors (Lipinski definition) is 4. The molecule has 0 bridgehead atoms. The summed E-state index contributed by atoms with van der Waals surface area (Å²) in [7, 11) is 1.63. The van der Waals surface area contributed by atoms with Gasteiger partial charge in [0.05, 0.1) is 19.1 Å². The third-order valence-electron chi connectivity index (χ3n) is 4.28. The van der Waals surface area contributed by atoms with Gasteiger partial charge in [-0.3, -0.25) is 9.59 Å². The van der Waals surface area contributed by atoms with Crippen LogP contribution in [0, 0.1) is 12.8 Å². The van der Waals surface area contributed by atoms with Crippen molar-refractivity contribution in [2.75, 3.05) is 40.0 Å². The van der Waals surface area contributed by atoms with Crippen LogP contribution in [0.25, 0.3) is 0 Å². The van der Waals surface area contributed by atoms with Gasteiger partial charge in [-0.05, 0) is 18.9 Å². The van der Waals surface area contributed by atoms with E-state index < -0.39 is 0 Å². The number of likely N-dealkylation sites (tertiary alicyclic amines) is 1. The molecule has 0 aliphatic carbocycles. The molecule has 1 aromatic rings. The fourth-order valence-electron chi connectivity index (χ4n) is 2.79. The van der Waals surface area contributed by atoms with Gasteiger partial charge in [-0.15, -0.1) is 0 Å². The van der Waals surface area contributed by atoms with Crippen molar-refractivity contribution in [2.24, 2.45) is 5.92 Å². The molecule has 1 saturated heterocycles. The SMILES string of the molecule is COCCOCCCNC(=O)C1CC(=O)N(Cc2ccc(C)cc2)C1. The molecule has 1 heterocycles. The van der Waals surface area contributed by atoms with Crippen LogP contribution < -0.4 is 5.32 Å². The molecular formula is C19H28N2O4. The predicted octanol–water partition coefficient (Wildman–Crippen LogP) is 1.51. The van der Waals surface area contributed by atoms with Gasteiger partial charge in [0.15, 0.2) is 0 Å². The van der Waals surface area contributed by atoms with Crippen molar-refractivity contribution < 1.29 is 19.1 Å². The van der Waals surface area contributed by atoms with Crippen LogP contribution >= 0.6 is 0 Å². The van der Waals surface area contributed by atoms with Crippen LogP contribution in [-0.2, 0) is 25.6 Å².